The molecular weight excluding hydrogens is 342 g/mol. The quantitative estimate of drug-likeness (QED) is 0.729. The lowest BCUT2D eigenvalue weighted by atomic mass is 10.1. The molecular formula is C21H23N3O3. The van der Waals surface area contributed by atoms with Crippen LogP contribution in [-0.4, -0.2) is 26.9 Å². The van der Waals surface area contributed by atoms with Gasteiger partial charge in [0.1, 0.15) is 0 Å². The number of fused-ring (bicyclic) bond motifs is 1. The molecule has 3 rings (SSSR count). The van der Waals surface area contributed by atoms with Gasteiger partial charge in [0.05, 0.1) is 10.9 Å². The number of aromatic nitrogens is 2. The molecule has 27 heavy (non-hydrogen) atoms. The van der Waals surface area contributed by atoms with Crippen molar-refractivity contribution in [2.24, 2.45) is 0 Å². The van der Waals surface area contributed by atoms with Crippen LogP contribution in [0.25, 0.3) is 10.9 Å². The zero-order valence-corrected chi connectivity index (χ0v) is 15.6. The summed E-state index contributed by atoms with van der Waals surface area (Å²) in [4.78, 5) is 41.0. The highest BCUT2D eigenvalue weighted by Gasteiger charge is 2.15. The molecule has 1 aromatic heterocycles. The second-order valence-corrected chi connectivity index (χ2v) is 6.51. The van der Waals surface area contributed by atoms with Crippen molar-refractivity contribution in [1.29, 1.82) is 0 Å². The molecule has 0 aliphatic carbocycles. The van der Waals surface area contributed by atoms with Gasteiger partial charge >= 0.3 is 5.69 Å². The Morgan fingerprint density at radius 1 is 1.07 bits per heavy atom. The zero-order chi connectivity index (χ0) is 19.4. The molecule has 1 N–H and O–H groups in total. The second-order valence-electron chi connectivity index (χ2n) is 6.51. The molecule has 2 aromatic carbocycles. The number of nitrogens with one attached hydrogen (secondary N) is 1. The standard InChI is InChI=1S/C21H23N3O3/c1-3-23(14-16-9-5-4-8-15(16)2)19(25)12-13-24-18-11-7-6-10-17(18)20(26)22-21(24)27/h4-11H,3,12-14H2,1-2H3,(H,22,26,27). The minimum absolute atomic E-state index is 0.0251. The highest BCUT2D eigenvalue weighted by atomic mass is 16.2. The highest BCUT2D eigenvalue weighted by Crippen LogP contribution is 2.12. The number of H-pyrrole nitrogens is 1. The Labute approximate surface area is 157 Å². The topological polar surface area (TPSA) is 75.2 Å². The molecule has 0 fully saturated rings. The fraction of sp³-hybridized carbons (Fsp3) is 0.286. The van der Waals surface area contributed by atoms with E-state index in [0.29, 0.717) is 24.0 Å². The van der Waals surface area contributed by atoms with Crippen LogP contribution in [0.4, 0.5) is 0 Å². The Morgan fingerprint density at radius 3 is 2.52 bits per heavy atom. The average Bonchev–Trinajstić information content (AvgIpc) is 2.67. The lowest BCUT2D eigenvalue weighted by Gasteiger charge is -2.22. The molecule has 6 nitrogen and oxygen atoms in total. The summed E-state index contributed by atoms with van der Waals surface area (Å²) in [5.41, 5.74) is 1.90. The average molecular weight is 365 g/mol. The van der Waals surface area contributed by atoms with Gasteiger partial charge in [-0.3, -0.25) is 19.1 Å². The van der Waals surface area contributed by atoms with Gasteiger partial charge < -0.3 is 4.90 Å². The van der Waals surface area contributed by atoms with Gasteiger partial charge in [0.2, 0.25) is 5.91 Å². The van der Waals surface area contributed by atoms with E-state index in [1.54, 1.807) is 29.2 Å². The second kappa shape index (κ2) is 8.03. The van der Waals surface area contributed by atoms with Crippen LogP contribution in [0.5, 0.6) is 0 Å². The predicted molar refractivity (Wildman–Crippen MR) is 106 cm³/mol. The van der Waals surface area contributed by atoms with Crippen LogP contribution in [0.2, 0.25) is 0 Å². The van der Waals surface area contributed by atoms with Gasteiger partial charge in [-0.2, -0.15) is 0 Å². The van der Waals surface area contributed by atoms with Crippen molar-refractivity contribution in [2.45, 2.75) is 33.4 Å². The van der Waals surface area contributed by atoms with Gasteiger partial charge in [0, 0.05) is 26.1 Å². The predicted octanol–water partition coefficient (Wildman–Crippen LogP) is 2.44. The number of amides is 1. The van der Waals surface area contributed by atoms with Crippen LogP contribution < -0.4 is 11.2 Å². The molecule has 0 saturated carbocycles. The normalized spacial score (nSPS) is 10.9. The van der Waals surface area contributed by atoms with Crippen molar-refractivity contribution >= 4 is 16.8 Å². The molecule has 140 valence electrons. The smallest absolute Gasteiger partial charge is 0.328 e. The number of para-hydroxylation sites is 1. The van der Waals surface area contributed by atoms with Crippen LogP contribution in [0.1, 0.15) is 24.5 Å². The number of rotatable bonds is 6. The number of aromatic amines is 1. The SMILES string of the molecule is CCN(Cc1ccccc1C)C(=O)CCn1c(=O)[nH]c(=O)c2ccccc21. The summed E-state index contributed by atoms with van der Waals surface area (Å²) >= 11 is 0. The third-order valence-corrected chi connectivity index (χ3v) is 4.81. The maximum atomic E-state index is 12.7. The highest BCUT2D eigenvalue weighted by molar-refractivity contribution is 5.79. The number of hydrogen-bond donors (Lipinski definition) is 1. The number of aryl methyl sites for hydroxylation is 2. The van der Waals surface area contributed by atoms with Crippen LogP contribution in [0.15, 0.2) is 58.1 Å². The largest absolute Gasteiger partial charge is 0.339 e. The van der Waals surface area contributed by atoms with E-state index in [-0.39, 0.29) is 18.9 Å². The first-order valence-electron chi connectivity index (χ1n) is 9.05. The Kier molecular flexibility index (Phi) is 5.54. The molecule has 3 aromatic rings. The minimum Gasteiger partial charge on any atom is -0.339 e. The van der Waals surface area contributed by atoms with E-state index in [1.165, 1.54) is 4.57 Å². The van der Waals surface area contributed by atoms with Crippen molar-refractivity contribution in [3.05, 3.63) is 80.5 Å². The lowest BCUT2D eigenvalue weighted by Crippen LogP contribution is -2.34. The fourth-order valence-electron chi connectivity index (χ4n) is 3.20. The summed E-state index contributed by atoms with van der Waals surface area (Å²) in [6.07, 6.45) is 0.190. The van der Waals surface area contributed by atoms with Crippen LogP contribution in [0.3, 0.4) is 0 Å². The number of hydrogen-bond acceptors (Lipinski definition) is 3. The van der Waals surface area contributed by atoms with Crippen molar-refractivity contribution in [1.82, 2.24) is 14.5 Å². The lowest BCUT2D eigenvalue weighted by molar-refractivity contribution is -0.131. The first kappa shape index (κ1) is 18.6. The van der Waals surface area contributed by atoms with Crippen molar-refractivity contribution in [3.8, 4) is 0 Å². The van der Waals surface area contributed by atoms with Gasteiger partial charge in [-0.15, -0.1) is 0 Å². The molecule has 0 spiro atoms. The monoisotopic (exact) mass is 365 g/mol. The maximum Gasteiger partial charge on any atom is 0.328 e. The number of carbonyl (C=O) groups is 1. The van der Waals surface area contributed by atoms with Gasteiger partial charge in [-0.05, 0) is 37.1 Å². The Bertz CT molecular complexity index is 1080. The number of benzene rings is 2. The van der Waals surface area contributed by atoms with E-state index in [0.717, 1.165) is 11.1 Å². The van der Waals surface area contributed by atoms with E-state index in [4.69, 9.17) is 0 Å². The summed E-state index contributed by atoms with van der Waals surface area (Å²) < 4.78 is 1.45. The Morgan fingerprint density at radius 2 is 1.78 bits per heavy atom. The molecule has 0 radical (unpaired) electrons. The summed E-state index contributed by atoms with van der Waals surface area (Å²) in [5.74, 6) is -0.0251. The van der Waals surface area contributed by atoms with Crippen molar-refractivity contribution in [2.75, 3.05) is 6.54 Å². The zero-order valence-electron chi connectivity index (χ0n) is 15.6. The molecule has 0 saturated heterocycles. The maximum absolute atomic E-state index is 12.7. The third-order valence-electron chi connectivity index (χ3n) is 4.81. The Balaban J connectivity index is 1.79. The summed E-state index contributed by atoms with van der Waals surface area (Å²) in [6.45, 7) is 5.33. The third kappa shape index (κ3) is 4.00. The molecule has 1 amide bonds. The molecule has 0 unspecified atom stereocenters. The van der Waals surface area contributed by atoms with Crippen molar-refractivity contribution < 1.29 is 4.79 Å². The van der Waals surface area contributed by atoms with Gasteiger partial charge in [0.15, 0.2) is 0 Å². The van der Waals surface area contributed by atoms with Gasteiger partial charge in [-0.1, -0.05) is 36.4 Å². The van der Waals surface area contributed by atoms with E-state index in [9.17, 15) is 14.4 Å². The summed E-state index contributed by atoms with van der Waals surface area (Å²) in [7, 11) is 0. The van der Waals surface area contributed by atoms with Gasteiger partial charge in [0.25, 0.3) is 5.56 Å². The molecule has 0 atom stereocenters. The fourth-order valence-corrected chi connectivity index (χ4v) is 3.20. The number of nitrogens with zero attached hydrogens (tertiary/aromatic N) is 2. The molecule has 0 aliphatic rings. The van der Waals surface area contributed by atoms with Crippen LogP contribution in [0, 0.1) is 6.92 Å². The molecule has 0 bridgehead atoms. The molecule has 0 aliphatic heterocycles. The Hall–Kier alpha value is -3.15. The minimum atomic E-state index is -0.492. The van der Waals surface area contributed by atoms with E-state index in [1.807, 2.05) is 38.1 Å². The molecule has 6 heteroatoms. The van der Waals surface area contributed by atoms with Crippen LogP contribution >= 0.6 is 0 Å². The summed E-state index contributed by atoms with van der Waals surface area (Å²) in [5, 5.41) is 0.441. The molecule has 1 heterocycles. The first-order valence-corrected chi connectivity index (χ1v) is 9.05. The first-order chi connectivity index (χ1) is 13.0. The summed E-state index contributed by atoms with van der Waals surface area (Å²) in [6, 6.07) is 14.9. The van der Waals surface area contributed by atoms with Crippen LogP contribution in [-0.2, 0) is 17.9 Å². The van der Waals surface area contributed by atoms with E-state index < -0.39 is 11.2 Å². The number of carbonyl (C=O) groups excluding carboxylic acids is 1. The van der Waals surface area contributed by atoms with Gasteiger partial charge in [-0.25, -0.2) is 4.79 Å². The van der Waals surface area contributed by atoms with E-state index >= 15 is 0 Å². The van der Waals surface area contributed by atoms with E-state index in [2.05, 4.69) is 4.98 Å². The van der Waals surface area contributed by atoms with Crippen molar-refractivity contribution in [3.63, 3.8) is 0 Å².